The lowest BCUT2D eigenvalue weighted by molar-refractivity contribution is -0.0938. The molecule has 1 unspecified atom stereocenters. The fraction of sp³-hybridized carbons (Fsp3) is 0.947. The second-order valence-electron chi connectivity index (χ2n) is 8.94. The molecule has 6 atom stereocenters. The number of hydrogen-bond donors (Lipinski definition) is 1. The van der Waals surface area contributed by atoms with Crippen LogP contribution in [-0.2, 0) is 0 Å². The van der Waals surface area contributed by atoms with Crippen LogP contribution < -0.4 is 0 Å². The lowest BCUT2D eigenvalue weighted by atomic mass is 9.45. The van der Waals surface area contributed by atoms with E-state index < -0.39 is 0 Å². The van der Waals surface area contributed by atoms with E-state index in [0.717, 1.165) is 35.8 Å². The zero-order chi connectivity index (χ0) is 14.7. The highest BCUT2D eigenvalue weighted by Crippen LogP contribution is 2.65. The third kappa shape index (κ3) is 1.80. The molecule has 4 fully saturated rings. The van der Waals surface area contributed by atoms with Crippen molar-refractivity contribution in [3.8, 4) is 0 Å². The minimum atomic E-state index is 0.216. The molecule has 0 saturated heterocycles. The quantitative estimate of drug-likeness (QED) is 0.479. The van der Waals surface area contributed by atoms with Crippen molar-refractivity contribution in [2.24, 2.45) is 39.7 Å². The summed E-state index contributed by atoms with van der Waals surface area (Å²) < 4.78 is 0. The summed E-state index contributed by atoms with van der Waals surface area (Å²) in [5.41, 5.74) is 1.96. The van der Waals surface area contributed by atoms with E-state index in [1.807, 2.05) is 0 Å². The molecule has 0 aromatic rings. The first-order valence-electron chi connectivity index (χ1n) is 9.31. The number of oxime groups is 1. The van der Waals surface area contributed by atoms with Crippen molar-refractivity contribution in [3.63, 3.8) is 0 Å². The van der Waals surface area contributed by atoms with Gasteiger partial charge in [-0.2, -0.15) is 0 Å². The molecular weight excluding hydrogens is 258 g/mol. The van der Waals surface area contributed by atoms with E-state index in [0.29, 0.717) is 5.41 Å². The molecule has 0 aromatic carbocycles. The van der Waals surface area contributed by atoms with Crippen LogP contribution in [0.15, 0.2) is 5.16 Å². The van der Waals surface area contributed by atoms with Crippen molar-refractivity contribution >= 4 is 5.71 Å². The van der Waals surface area contributed by atoms with Crippen LogP contribution in [0.3, 0.4) is 0 Å². The third-order valence-corrected chi connectivity index (χ3v) is 8.44. The van der Waals surface area contributed by atoms with Crippen molar-refractivity contribution in [3.05, 3.63) is 0 Å². The van der Waals surface area contributed by atoms with Gasteiger partial charge in [0.2, 0.25) is 0 Å². The first-order valence-corrected chi connectivity index (χ1v) is 9.31. The fourth-order valence-electron chi connectivity index (χ4n) is 7.25. The average Bonchev–Trinajstić information content (AvgIpc) is 2.83. The lowest BCUT2D eigenvalue weighted by Gasteiger charge is -2.59. The Kier molecular flexibility index (Phi) is 3.17. The van der Waals surface area contributed by atoms with Gasteiger partial charge in [-0.1, -0.05) is 31.8 Å². The van der Waals surface area contributed by atoms with E-state index in [1.165, 1.54) is 57.8 Å². The molecule has 0 aliphatic heterocycles. The SMILES string of the molecule is C[C@]12CCCCC1CC[C@@H]1[C@@H]2CC[C@]2(C)C(=NO)CC[C@@H]12. The van der Waals surface area contributed by atoms with Crippen LogP contribution in [0.4, 0.5) is 0 Å². The summed E-state index contributed by atoms with van der Waals surface area (Å²) in [6.45, 7) is 5.03. The zero-order valence-electron chi connectivity index (χ0n) is 13.8. The summed E-state index contributed by atoms with van der Waals surface area (Å²) in [6, 6.07) is 0. The number of nitrogens with zero attached hydrogens (tertiary/aromatic N) is 1. The standard InChI is InChI=1S/C19H31NO/c1-18-11-4-3-5-13(18)6-7-14-15-8-9-17(20-21)19(15,2)12-10-16(14)18/h13-16,21H,3-12H2,1-2H3/t13?,14-,15-,16-,18-,19-/m0/s1. The Hall–Kier alpha value is -0.530. The summed E-state index contributed by atoms with van der Waals surface area (Å²) in [7, 11) is 0. The largest absolute Gasteiger partial charge is 0.411 e. The highest BCUT2D eigenvalue weighted by molar-refractivity contribution is 5.91. The molecule has 1 N–H and O–H groups in total. The molecular formula is C19H31NO. The maximum atomic E-state index is 9.39. The Balaban J connectivity index is 1.66. The van der Waals surface area contributed by atoms with E-state index in [1.54, 1.807) is 0 Å². The van der Waals surface area contributed by atoms with Gasteiger partial charge in [-0.05, 0) is 80.5 Å². The zero-order valence-corrected chi connectivity index (χ0v) is 13.8. The van der Waals surface area contributed by atoms with Crippen LogP contribution in [0.1, 0.15) is 78.1 Å². The number of fused-ring (bicyclic) bond motifs is 5. The van der Waals surface area contributed by atoms with Crippen LogP contribution in [0.5, 0.6) is 0 Å². The van der Waals surface area contributed by atoms with Crippen molar-refractivity contribution in [1.82, 2.24) is 0 Å². The monoisotopic (exact) mass is 289 g/mol. The van der Waals surface area contributed by atoms with Crippen LogP contribution in [0.2, 0.25) is 0 Å². The fourth-order valence-corrected chi connectivity index (χ4v) is 7.25. The molecule has 0 bridgehead atoms. The Morgan fingerprint density at radius 1 is 0.952 bits per heavy atom. The molecule has 4 saturated carbocycles. The topological polar surface area (TPSA) is 32.6 Å². The summed E-state index contributed by atoms with van der Waals surface area (Å²) in [4.78, 5) is 0. The highest BCUT2D eigenvalue weighted by atomic mass is 16.4. The van der Waals surface area contributed by atoms with Gasteiger partial charge in [0, 0.05) is 5.41 Å². The van der Waals surface area contributed by atoms with Gasteiger partial charge in [0.15, 0.2) is 0 Å². The minimum absolute atomic E-state index is 0.216. The molecule has 21 heavy (non-hydrogen) atoms. The van der Waals surface area contributed by atoms with Gasteiger partial charge >= 0.3 is 0 Å². The maximum absolute atomic E-state index is 9.39. The average molecular weight is 289 g/mol. The number of hydrogen-bond acceptors (Lipinski definition) is 2. The van der Waals surface area contributed by atoms with Crippen molar-refractivity contribution in [2.45, 2.75) is 78.1 Å². The van der Waals surface area contributed by atoms with Crippen molar-refractivity contribution in [2.75, 3.05) is 0 Å². The molecule has 4 aliphatic carbocycles. The van der Waals surface area contributed by atoms with Gasteiger partial charge in [-0.25, -0.2) is 0 Å². The summed E-state index contributed by atoms with van der Waals surface area (Å²) in [5.74, 6) is 3.65. The summed E-state index contributed by atoms with van der Waals surface area (Å²) in [6.07, 6.45) is 13.8. The normalized spacial score (nSPS) is 54.9. The molecule has 118 valence electrons. The predicted octanol–water partition coefficient (Wildman–Crippen LogP) is 5.25. The van der Waals surface area contributed by atoms with Crippen LogP contribution >= 0.6 is 0 Å². The smallest absolute Gasteiger partial charge is 0.0632 e. The minimum Gasteiger partial charge on any atom is -0.411 e. The third-order valence-electron chi connectivity index (χ3n) is 8.44. The Labute approximate surface area is 129 Å². The molecule has 4 rings (SSSR count). The van der Waals surface area contributed by atoms with Crippen molar-refractivity contribution < 1.29 is 5.21 Å². The Morgan fingerprint density at radius 3 is 2.62 bits per heavy atom. The van der Waals surface area contributed by atoms with Crippen LogP contribution in [-0.4, -0.2) is 10.9 Å². The second-order valence-corrected chi connectivity index (χ2v) is 8.94. The maximum Gasteiger partial charge on any atom is 0.0632 e. The van der Waals surface area contributed by atoms with E-state index in [9.17, 15) is 5.21 Å². The summed E-state index contributed by atoms with van der Waals surface area (Å²) >= 11 is 0. The van der Waals surface area contributed by atoms with Gasteiger partial charge in [-0.15, -0.1) is 0 Å². The first kappa shape index (κ1) is 14.1. The molecule has 0 aromatic heterocycles. The first-order chi connectivity index (χ1) is 10.1. The van der Waals surface area contributed by atoms with Gasteiger partial charge in [0.1, 0.15) is 0 Å². The highest BCUT2D eigenvalue weighted by Gasteiger charge is 2.59. The van der Waals surface area contributed by atoms with E-state index >= 15 is 0 Å². The lowest BCUT2D eigenvalue weighted by Crippen LogP contribution is -2.52. The predicted molar refractivity (Wildman–Crippen MR) is 85.6 cm³/mol. The molecule has 0 heterocycles. The van der Waals surface area contributed by atoms with Gasteiger partial charge < -0.3 is 5.21 Å². The molecule has 2 nitrogen and oxygen atoms in total. The molecule has 2 heteroatoms. The molecule has 0 amide bonds. The van der Waals surface area contributed by atoms with Crippen LogP contribution in [0, 0.1) is 34.5 Å². The Morgan fingerprint density at radius 2 is 1.81 bits per heavy atom. The summed E-state index contributed by atoms with van der Waals surface area (Å²) in [5, 5.41) is 13.1. The molecule has 0 radical (unpaired) electrons. The van der Waals surface area contributed by atoms with E-state index in [4.69, 9.17) is 0 Å². The van der Waals surface area contributed by atoms with Gasteiger partial charge in [0.25, 0.3) is 0 Å². The van der Waals surface area contributed by atoms with E-state index in [2.05, 4.69) is 19.0 Å². The Bertz CT molecular complexity index is 458. The molecule has 0 spiro atoms. The van der Waals surface area contributed by atoms with Crippen LogP contribution in [0.25, 0.3) is 0 Å². The molecule has 4 aliphatic rings. The number of rotatable bonds is 0. The van der Waals surface area contributed by atoms with Gasteiger partial charge in [-0.3, -0.25) is 0 Å². The second kappa shape index (κ2) is 4.73. The van der Waals surface area contributed by atoms with Crippen molar-refractivity contribution in [1.29, 1.82) is 0 Å². The van der Waals surface area contributed by atoms with Gasteiger partial charge in [0.05, 0.1) is 5.71 Å². The van der Waals surface area contributed by atoms with E-state index in [-0.39, 0.29) is 5.41 Å².